The quantitative estimate of drug-likeness (QED) is 0.601. The average Bonchev–Trinajstić information content (AvgIpc) is 2.88. The Morgan fingerprint density at radius 3 is 2.58 bits per heavy atom. The Morgan fingerprint density at radius 2 is 1.89 bits per heavy atom. The molecule has 1 aliphatic heterocycles. The van der Waals surface area contributed by atoms with Gasteiger partial charge in [0.15, 0.2) is 0 Å². The molecule has 19 heavy (non-hydrogen) atoms. The van der Waals surface area contributed by atoms with Gasteiger partial charge in [-0.2, -0.15) is 5.10 Å². The zero-order valence-corrected chi connectivity index (χ0v) is 12.3. The topological polar surface area (TPSA) is 55.2 Å². The molecule has 0 aliphatic carbocycles. The van der Waals surface area contributed by atoms with E-state index in [-0.39, 0.29) is 18.4 Å². The van der Waals surface area contributed by atoms with Crippen molar-refractivity contribution >= 4 is 34.4 Å². The van der Waals surface area contributed by atoms with Crippen molar-refractivity contribution in [3.05, 3.63) is 50.9 Å². The van der Waals surface area contributed by atoms with Gasteiger partial charge in [0.2, 0.25) is 0 Å². The van der Waals surface area contributed by atoms with Gasteiger partial charge in [-0.25, -0.2) is 0 Å². The molecule has 1 aromatic carbocycles. The Balaban J connectivity index is 1.94. The largest absolute Gasteiger partial charge is 0.275 e. The lowest BCUT2D eigenvalue weighted by molar-refractivity contribution is 0.0640. The molecular weight excluding hydrogens is 357 g/mol. The smallest absolute Gasteiger partial charge is 0.261 e. The molecule has 0 unspecified atom stereocenters. The minimum atomic E-state index is -0.248. The van der Waals surface area contributed by atoms with Gasteiger partial charge in [-0.1, -0.05) is 0 Å². The lowest BCUT2D eigenvalue weighted by Gasteiger charge is -2.11. The van der Waals surface area contributed by atoms with Crippen LogP contribution in [0.3, 0.4) is 0 Å². The summed E-state index contributed by atoms with van der Waals surface area (Å²) in [5.41, 5.74) is 1.65. The number of hydrogen-bond acceptors (Lipinski definition) is 3. The van der Waals surface area contributed by atoms with Crippen molar-refractivity contribution < 1.29 is 9.59 Å². The van der Waals surface area contributed by atoms with E-state index in [0.29, 0.717) is 16.8 Å². The number of imide groups is 1. The number of benzene rings is 1. The minimum Gasteiger partial charge on any atom is -0.275 e. The number of amides is 2. The first kappa shape index (κ1) is 12.3. The van der Waals surface area contributed by atoms with Crippen LogP contribution >= 0.6 is 22.6 Å². The van der Waals surface area contributed by atoms with Crippen molar-refractivity contribution in [2.24, 2.45) is 7.05 Å². The summed E-state index contributed by atoms with van der Waals surface area (Å²) >= 11 is 2.13. The third kappa shape index (κ3) is 2.05. The van der Waals surface area contributed by atoms with E-state index >= 15 is 0 Å². The monoisotopic (exact) mass is 367 g/mol. The van der Waals surface area contributed by atoms with Crippen molar-refractivity contribution in [2.75, 3.05) is 0 Å². The second-order valence-corrected chi connectivity index (χ2v) is 5.61. The lowest BCUT2D eigenvalue weighted by Crippen LogP contribution is -2.29. The van der Waals surface area contributed by atoms with E-state index in [0.717, 1.165) is 3.57 Å². The first-order chi connectivity index (χ1) is 9.06. The van der Waals surface area contributed by atoms with Crippen molar-refractivity contribution in [1.82, 2.24) is 14.7 Å². The lowest BCUT2D eigenvalue weighted by atomic mass is 10.1. The zero-order chi connectivity index (χ0) is 13.6. The highest BCUT2D eigenvalue weighted by Gasteiger charge is 2.35. The van der Waals surface area contributed by atoms with Crippen LogP contribution in [0.2, 0.25) is 0 Å². The van der Waals surface area contributed by atoms with Gasteiger partial charge in [0.25, 0.3) is 11.8 Å². The molecule has 6 heteroatoms. The van der Waals surface area contributed by atoms with E-state index in [1.165, 1.54) is 4.90 Å². The molecule has 1 aliphatic rings. The van der Waals surface area contributed by atoms with Crippen LogP contribution in [0.5, 0.6) is 0 Å². The van der Waals surface area contributed by atoms with E-state index in [2.05, 4.69) is 27.7 Å². The third-order valence-electron chi connectivity index (χ3n) is 3.02. The average molecular weight is 367 g/mol. The molecule has 2 amide bonds. The van der Waals surface area contributed by atoms with E-state index < -0.39 is 0 Å². The van der Waals surface area contributed by atoms with Gasteiger partial charge >= 0.3 is 0 Å². The standard InChI is InChI=1S/C13H10IN3O2/c1-16-5-4-9(15-16)7-17-12(18)10-3-2-8(14)6-11(10)13(17)19/h2-6H,7H2,1H3. The summed E-state index contributed by atoms with van der Waals surface area (Å²) in [5, 5.41) is 4.19. The molecular formula is C13H10IN3O2. The number of aromatic nitrogens is 2. The Hall–Kier alpha value is -1.70. The molecule has 1 aromatic heterocycles. The Morgan fingerprint density at radius 1 is 1.16 bits per heavy atom. The number of fused-ring (bicyclic) bond motifs is 1. The second-order valence-electron chi connectivity index (χ2n) is 4.37. The first-order valence-electron chi connectivity index (χ1n) is 5.70. The highest BCUT2D eigenvalue weighted by atomic mass is 127. The number of halogens is 1. The van der Waals surface area contributed by atoms with Crippen LogP contribution in [0.15, 0.2) is 30.5 Å². The summed E-state index contributed by atoms with van der Waals surface area (Å²) in [5.74, 6) is -0.494. The van der Waals surface area contributed by atoms with Crippen molar-refractivity contribution in [3.8, 4) is 0 Å². The SMILES string of the molecule is Cn1ccc(CN2C(=O)c3ccc(I)cc3C2=O)n1. The van der Waals surface area contributed by atoms with Gasteiger partial charge in [-0.05, 0) is 46.9 Å². The van der Waals surface area contributed by atoms with Crippen LogP contribution in [0.25, 0.3) is 0 Å². The second kappa shape index (κ2) is 4.44. The molecule has 5 nitrogen and oxygen atoms in total. The van der Waals surface area contributed by atoms with Crippen molar-refractivity contribution in [2.45, 2.75) is 6.54 Å². The molecule has 96 valence electrons. The van der Waals surface area contributed by atoms with E-state index in [1.54, 1.807) is 36.1 Å². The van der Waals surface area contributed by atoms with E-state index in [1.807, 2.05) is 6.07 Å². The van der Waals surface area contributed by atoms with Gasteiger partial charge in [0, 0.05) is 16.8 Å². The van der Waals surface area contributed by atoms with Crippen LogP contribution < -0.4 is 0 Å². The number of aryl methyl sites for hydroxylation is 1. The number of carbonyl (C=O) groups is 2. The molecule has 0 N–H and O–H groups in total. The van der Waals surface area contributed by atoms with Gasteiger partial charge < -0.3 is 0 Å². The van der Waals surface area contributed by atoms with Gasteiger partial charge in [0.1, 0.15) is 0 Å². The number of rotatable bonds is 2. The third-order valence-corrected chi connectivity index (χ3v) is 3.69. The molecule has 0 saturated carbocycles. The van der Waals surface area contributed by atoms with Crippen LogP contribution in [0, 0.1) is 3.57 Å². The molecule has 0 bridgehead atoms. The maximum atomic E-state index is 12.2. The molecule has 3 rings (SSSR count). The van der Waals surface area contributed by atoms with Gasteiger partial charge in [-0.15, -0.1) is 0 Å². The summed E-state index contributed by atoms with van der Waals surface area (Å²) < 4.78 is 2.59. The van der Waals surface area contributed by atoms with Crippen LogP contribution in [0.4, 0.5) is 0 Å². The molecule has 2 aromatic rings. The highest BCUT2D eigenvalue weighted by Crippen LogP contribution is 2.25. The Kier molecular flexibility index (Phi) is 2.89. The zero-order valence-electron chi connectivity index (χ0n) is 10.1. The van der Waals surface area contributed by atoms with Crippen molar-refractivity contribution in [3.63, 3.8) is 0 Å². The molecule has 0 spiro atoms. The van der Waals surface area contributed by atoms with E-state index in [4.69, 9.17) is 0 Å². The van der Waals surface area contributed by atoms with Gasteiger partial charge in [0.05, 0.1) is 23.4 Å². The van der Waals surface area contributed by atoms with Crippen LogP contribution in [0.1, 0.15) is 26.4 Å². The molecule has 0 radical (unpaired) electrons. The molecule has 2 heterocycles. The summed E-state index contributed by atoms with van der Waals surface area (Å²) in [6, 6.07) is 7.08. The highest BCUT2D eigenvalue weighted by molar-refractivity contribution is 14.1. The Bertz CT molecular complexity index is 693. The maximum absolute atomic E-state index is 12.2. The number of carbonyl (C=O) groups excluding carboxylic acids is 2. The fourth-order valence-corrected chi connectivity index (χ4v) is 2.61. The fourth-order valence-electron chi connectivity index (χ4n) is 2.12. The fraction of sp³-hybridized carbons (Fsp3) is 0.154. The normalized spacial score (nSPS) is 14.1. The molecule has 0 atom stereocenters. The summed E-state index contributed by atoms with van der Waals surface area (Å²) in [6.45, 7) is 0.212. The summed E-state index contributed by atoms with van der Waals surface area (Å²) in [6.07, 6.45) is 1.79. The van der Waals surface area contributed by atoms with Crippen LogP contribution in [-0.2, 0) is 13.6 Å². The summed E-state index contributed by atoms with van der Waals surface area (Å²) in [7, 11) is 1.80. The predicted octanol–water partition coefficient (Wildman–Crippen LogP) is 1.82. The number of hydrogen-bond donors (Lipinski definition) is 0. The summed E-state index contributed by atoms with van der Waals surface area (Å²) in [4.78, 5) is 25.7. The molecule has 0 saturated heterocycles. The van der Waals surface area contributed by atoms with Crippen molar-refractivity contribution in [1.29, 1.82) is 0 Å². The first-order valence-corrected chi connectivity index (χ1v) is 6.78. The van der Waals surface area contributed by atoms with Crippen LogP contribution in [-0.4, -0.2) is 26.5 Å². The maximum Gasteiger partial charge on any atom is 0.261 e. The molecule has 0 fully saturated rings. The number of nitrogens with zero attached hydrogens (tertiary/aromatic N) is 3. The van der Waals surface area contributed by atoms with E-state index in [9.17, 15) is 9.59 Å². The Labute approximate surface area is 123 Å². The minimum absolute atomic E-state index is 0.212. The predicted molar refractivity (Wildman–Crippen MR) is 76.6 cm³/mol. The van der Waals surface area contributed by atoms with Gasteiger partial charge in [-0.3, -0.25) is 19.2 Å².